The molecule has 4 aromatic carbocycles. The van der Waals surface area contributed by atoms with Crippen molar-refractivity contribution in [1.29, 1.82) is 0 Å². The molecule has 0 N–H and O–H groups in total. The van der Waals surface area contributed by atoms with Crippen molar-refractivity contribution in [3.05, 3.63) is 90.0 Å². The highest BCUT2D eigenvalue weighted by Gasteiger charge is 2.13. The molecule has 24 heavy (non-hydrogen) atoms. The molecule has 0 bridgehead atoms. The molecule has 0 radical (unpaired) electrons. The Morgan fingerprint density at radius 2 is 1.42 bits per heavy atom. The molecule has 2 nitrogen and oxygen atoms in total. The van der Waals surface area contributed by atoms with Crippen LogP contribution in [0.2, 0.25) is 0 Å². The summed E-state index contributed by atoms with van der Waals surface area (Å²) < 4.78 is 5.70. The molecular formula is C22H16O2. The third kappa shape index (κ3) is 2.52. The van der Waals surface area contributed by atoms with Crippen molar-refractivity contribution < 1.29 is 9.53 Å². The molecule has 0 heterocycles. The van der Waals surface area contributed by atoms with E-state index in [0.717, 1.165) is 21.7 Å². The van der Waals surface area contributed by atoms with E-state index in [2.05, 4.69) is 24.3 Å². The summed E-state index contributed by atoms with van der Waals surface area (Å²) in [6, 6.07) is 25.6. The van der Waals surface area contributed by atoms with Gasteiger partial charge in [-0.05, 0) is 52.9 Å². The van der Waals surface area contributed by atoms with E-state index < -0.39 is 0 Å². The van der Waals surface area contributed by atoms with Crippen LogP contribution < -0.4 is 4.74 Å². The first-order chi connectivity index (χ1) is 11.7. The minimum Gasteiger partial charge on any atom is -0.422 e. The number of rotatable bonds is 2. The number of hydrogen-bond donors (Lipinski definition) is 0. The summed E-state index contributed by atoms with van der Waals surface area (Å²) in [5.41, 5.74) is 1.50. The van der Waals surface area contributed by atoms with Crippen molar-refractivity contribution in [1.82, 2.24) is 0 Å². The topological polar surface area (TPSA) is 26.3 Å². The SMILES string of the molecule is Cc1ccccc1C(=O)Oc1cccc2cc3ccccc3cc12. The van der Waals surface area contributed by atoms with Crippen LogP contribution >= 0.6 is 0 Å². The standard InChI is InChI=1S/C22H16O2/c1-15-7-2-5-11-19(15)22(23)24-21-12-6-10-18-13-16-8-3-4-9-17(16)14-20(18)21/h2-14H,1H3. The molecule has 0 atom stereocenters. The van der Waals surface area contributed by atoms with Crippen LogP contribution in [-0.4, -0.2) is 5.97 Å². The maximum atomic E-state index is 12.5. The Morgan fingerprint density at radius 1 is 0.750 bits per heavy atom. The zero-order chi connectivity index (χ0) is 16.5. The monoisotopic (exact) mass is 312 g/mol. The molecule has 0 aliphatic rings. The van der Waals surface area contributed by atoms with Gasteiger partial charge in [0, 0.05) is 5.39 Å². The molecule has 4 rings (SSSR count). The van der Waals surface area contributed by atoms with E-state index in [1.54, 1.807) is 6.07 Å². The van der Waals surface area contributed by atoms with Gasteiger partial charge < -0.3 is 4.74 Å². The fraction of sp³-hybridized carbons (Fsp3) is 0.0455. The number of carbonyl (C=O) groups is 1. The summed E-state index contributed by atoms with van der Waals surface area (Å²) in [4.78, 5) is 12.5. The van der Waals surface area contributed by atoms with Gasteiger partial charge in [0.25, 0.3) is 0 Å². The average molecular weight is 312 g/mol. The third-order valence-corrected chi connectivity index (χ3v) is 4.27. The van der Waals surface area contributed by atoms with Gasteiger partial charge in [0.2, 0.25) is 0 Å². The van der Waals surface area contributed by atoms with Crippen molar-refractivity contribution >= 4 is 27.5 Å². The van der Waals surface area contributed by atoms with Crippen LogP contribution in [0.5, 0.6) is 5.75 Å². The van der Waals surface area contributed by atoms with Crippen LogP contribution in [0.15, 0.2) is 78.9 Å². The molecule has 0 aromatic heterocycles. The van der Waals surface area contributed by atoms with Gasteiger partial charge in [-0.3, -0.25) is 0 Å². The summed E-state index contributed by atoms with van der Waals surface area (Å²) in [6.07, 6.45) is 0. The lowest BCUT2D eigenvalue weighted by atomic mass is 10.0. The quantitative estimate of drug-likeness (QED) is 0.277. The van der Waals surface area contributed by atoms with Crippen molar-refractivity contribution in [3.8, 4) is 5.75 Å². The van der Waals surface area contributed by atoms with E-state index in [1.165, 1.54) is 5.39 Å². The van der Waals surface area contributed by atoms with Gasteiger partial charge in [-0.1, -0.05) is 54.6 Å². The fourth-order valence-corrected chi connectivity index (χ4v) is 2.98. The van der Waals surface area contributed by atoms with E-state index in [1.807, 2.05) is 55.5 Å². The summed E-state index contributed by atoms with van der Waals surface area (Å²) in [5.74, 6) is 0.264. The van der Waals surface area contributed by atoms with Crippen LogP contribution in [0.4, 0.5) is 0 Å². The molecule has 0 aliphatic heterocycles. The molecule has 0 spiro atoms. The number of aryl methyl sites for hydroxylation is 1. The maximum Gasteiger partial charge on any atom is 0.343 e. The highest BCUT2D eigenvalue weighted by molar-refractivity contribution is 6.02. The highest BCUT2D eigenvalue weighted by atomic mass is 16.5. The Morgan fingerprint density at radius 3 is 2.21 bits per heavy atom. The van der Waals surface area contributed by atoms with Gasteiger partial charge in [0.1, 0.15) is 5.75 Å². The summed E-state index contributed by atoms with van der Waals surface area (Å²) in [6.45, 7) is 1.91. The van der Waals surface area contributed by atoms with Crippen molar-refractivity contribution in [2.75, 3.05) is 0 Å². The van der Waals surface area contributed by atoms with Crippen molar-refractivity contribution in [2.24, 2.45) is 0 Å². The molecule has 2 heteroatoms. The van der Waals surface area contributed by atoms with E-state index in [-0.39, 0.29) is 5.97 Å². The number of hydrogen-bond acceptors (Lipinski definition) is 2. The predicted molar refractivity (Wildman–Crippen MR) is 97.6 cm³/mol. The number of fused-ring (bicyclic) bond motifs is 2. The minimum atomic E-state index is -0.325. The second-order valence-electron chi connectivity index (χ2n) is 5.88. The first-order valence-electron chi connectivity index (χ1n) is 7.92. The number of benzene rings is 4. The summed E-state index contributed by atoms with van der Waals surface area (Å²) >= 11 is 0. The number of carbonyl (C=O) groups excluding carboxylic acids is 1. The molecule has 0 aliphatic carbocycles. The van der Waals surface area contributed by atoms with Crippen molar-refractivity contribution in [3.63, 3.8) is 0 Å². The van der Waals surface area contributed by atoms with E-state index in [9.17, 15) is 4.79 Å². The molecule has 0 saturated heterocycles. The number of ether oxygens (including phenoxy) is 1. The molecule has 4 aromatic rings. The summed E-state index contributed by atoms with van der Waals surface area (Å²) in [7, 11) is 0. The van der Waals surface area contributed by atoms with Gasteiger partial charge in [-0.15, -0.1) is 0 Å². The lowest BCUT2D eigenvalue weighted by molar-refractivity contribution is 0.0736. The highest BCUT2D eigenvalue weighted by Crippen LogP contribution is 2.30. The molecule has 0 fully saturated rings. The zero-order valence-corrected chi connectivity index (χ0v) is 13.3. The second kappa shape index (κ2) is 5.82. The lowest BCUT2D eigenvalue weighted by Crippen LogP contribution is -2.10. The van der Waals surface area contributed by atoms with Gasteiger partial charge >= 0.3 is 5.97 Å². The van der Waals surface area contributed by atoms with Gasteiger partial charge in [0.05, 0.1) is 5.56 Å². The maximum absolute atomic E-state index is 12.5. The van der Waals surface area contributed by atoms with E-state index >= 15 is 0 Å². The Hall–Kier alpha value is -3.13. The normalized spacial score (nSPS) is 10.9. The Kier molecular flexibility index (Phi) is 3.51. The van der Waals surface area contributed by atoms with Crippen LogP contribution in [0.25, 0.3) is 21.5 Å². The smallest absolute Gasteiger partial charge is 0.343 e. The van der Waals surface area contributed by atoms with Crippen molar-refractivity contribution in [2.45, 2.75) is 6.92 Å². The average Bonchev–Trinajstić information content (AvgIpc) is 2.61. The summed E-state index contributed by atoms with van der Waals surface area (Å²) in [5, 5.41) is 4.30. The number of esters is 1. The van der Waals surface area contributed by atoms with Gasteiger partial charge in [0.15, 0.2) is 0 Å². The zero-order valence-electron chi connectivity index (χ0n) is 13.3. The minimum absolute atomic E-state index is 0.325. The first kappa shape index (κ1) is 14.5. The van der Waals surface area contributed by atoms with Crippen LogP contribution in [0.1, 0.15) is 15.9 Å². The molecule has 0 unspecified atom stereocenters. The van der Waals surface area contributed by atoms with Crippen LogP contribution in [0, 0.1) is 6.92 Å². The van der Waals surface area contributed by atoms with Gasteiger partial charge in [-0.25, -0.2) is 4.79 Å². The van der Waals surface area contributed by atoms with Gasteiger partial charge in [-0.2, -0.15) is 0 Å². The second-order valence-corrected chi connectivity index (χ2v) is 5.88. The lowest BCUT2D eigenvalue weighted by Gasteiger charge is -2.10. The molecule has 0 amide bonds. The Bertz CT molecular complexity index is 1060. The Labute approximate surface area is 140 Å². The Balaban J connectivity index is 1.80. The first-order valence-corrected chi connectivity index (χ1v) is 7.92. The van der Waals surface area contributed by atoms with E-state index in [0.29, 0.717) is 11.3 Å². The molecule has 0 saturated carbocycles. The largest absolute Gasteiger partial charge is 0.422 e. The van der Waals surface area contributed by atoms with E-state index in [4.69, 9.17) is 4.74 Å². The van der Waals surface area contributed by atoms with Crippen LogP contribution in [0.3, 0.4) is 0 Å². The molecular weight excluding hydrogens is 296 g/mol. The predicted octanol–water partition coefficient (Wildman–Crippen LogP) is 5.52. The van der Waals surface area contributed by atoms with Crippen LogP contribution in [-0.2, 0) is 0 Å². The fourth-order valence-electron chi connectivity index (χ4n) is 2.98. The molecule has 116 valence electrons. The third-order valence-electron chi connectivity index (χ3n) is 4.27.